The lowest BCUT2D eigenvalue weighted by Crippen LogP contribution is -2.22. The number of nitrogens with zero attached hydrogens (tertiary/aromatic N) is 2. The Morgan fingerprint density at radius 3 is 2.68 bits per heavy atom. The molecule has 0 aromatic heterocycles. The second-order valence-corrected chi connectivity index (χ2v) is 4.24. The fraction of sp³-hybridized carbons (Fsp3) is 0.417. The Morgan fingerprint density at radius 1 is 1.47 bits per heavy atom. The van der Waals surface area contributed by atoms with E-state index in [9.17, 15) is 19.3 Å². The van der Waals surface area contributed by atoms with Crippen LogP contribution in [0.1, 0.15) is 12.8 Å². The van der Waals surface area contributed by atoms with Gasteiger partial charge in [-0.1, -0.05) is 0 Å². The maximum Gasteiger partial charge on any atom is 0.272 e. The molecule has 0 spiro atoms. The van der Waals surface area contributed by atoms with E-state index in [2.05, 4.69) is 5.32 Å². The Kier molecular flexibility index (Phi) is 5.23. The van der Waals surface area contributed by atoms with Gasteiger partial charge in [0.2, 0.25) is 5.91 Å². The van der Waals surface area contributed by atoms with Gasteiger partial charge in [0.25, 0.3) is 5.69 Å². The van der Waals surface area contributed by atoms with Crippen molar-refractivity contribution in [2.75, 3.05) is 26.0 Å². The number of nitro groups is 1. The van der Waals surface area contributed by atoms with Gasteiger partial charge in [-0.3, -0.25) is 14.9 Å². The first-order valence-corrected chi connectivity index (χ1v) is 5.80. The maximum absolute atomic E-state index is 13.5. The largest absolute Gasteiger partial charge is 0.383 e. The molecule has 0 aliphatic carbocycles. The standard InChI is InChI=1S/C12H16FN3O3/c1-15(2)12(17)4-3-7-14-11-6-5-9(16(18)19)8-10(11)13/h5-6,8,14H,3-4,7H2,1-2H3. The third kappa shape index (κ3) is 4.53. The van der Waals surface area contributed by atoms with E-state index in [1.807, 2.05) is 0 Å². The van der Waals surface area contributed by atoms with Gasteiger partial charge in [-0.15, -0.1) is 0 Å². The number of rotatable bonds is 6. The number of halogens is 1. The Hall–Kier alpha value is -2.18. The summed E-state index contributed by atoms with van der Waals surface area (Å²) in [7, 11) is 3.34. The lowest BCUT2D eigenvalue weighted by molar-refractivity contribution is -0.385. The summed E-state index contributed by atoms with van der Waals surface area (Å²) in [6, 6.07) is 3.42. The molecule has 1 N–H and O–H groups in total. The third-order valence-corrected chi connectivity index (χ3v) is 2.55. The molecule has 0 saturated carbocycles. The highest BCUT2D eigenvalue weighted by Crippen LogP contribution is 2.20. The summed E-state index contributed by atoms with van der Waals surface area (Å²) in [6.07, 6.45) is 0.933. The lowest BCUT2D eigenvalue weighted by atomic mass is 10.2. The fourth-order valence-corrected chi connectivity index (χ4v) is 1.45. The average Bonchev–Trinajstić information content (AvgIpc) is 2.35. The number of amides is 1. The number of non-ortho nitro benzene ring substituents is 1. The van der Waals surface area contributed by atoms with Crippen LogP contribution in [0.3, 0.4) is 0 Å². The molecule has 0 aliphatic rings. The van der Waals surface area contributed by atoms with E-state index < -0.39 is 10.7 Å². The van der Waals surface area contributed by atoms with Crippen LogP contribution in [-0.2, 0) is 4.79 Å². The second-order valence-electron chi connectivity index (χ2n) is 4.24. The molecule has 0 saturated heterocycles. The van der Waals surface area contributed by atoms with Crippen LogP contribution in [0.15, 0.2) is 18.2 Å². The highest BCUT2D eigenvalue weighted by molar-refractivity contribution is 5.75. The molecule has 0 atom stereocenters. The van der Waals surface area contributed by atoms with Crippen molar-refractivity contribution in [3.63, 3.8) is 0 Å². The Morgan fingerprint density at radius 2 is 2.16 bits per heavy atom. The summed E-state index contributed by atoms with van der Waals surface area (Å²) in [5, 5.41) is 13.2. The molecule has 1 aromatic carbocycles. The van der Waals surface area contributed by atoms with Gasteiger partial charge in [0.05, 0.1) is 16.7 Å². The van der Waals surface area contributed by atoms with Gasteiger partial charge in [0, 0.05) is 33.1 Å². The van der Waals surface area contributed by atoms with Crippen molar-refractivity contribution >= 4 is 17.3 Å². The van der Waals surface area contributed by atoms with Crippen molar-refractivity contribution in [3.8, 4) is 0 Å². The van der Waals surface area contributed by atoms with Crippen molar-refractivity contribution < 1.29 is 14.1 Å². The average molecular weight is 269 g/mol. The topological polar surface area (TPSA) is 75.5 Å². The van der Waals surface area contributed by atoms with Crippen molar-refractivity contribution in [2.45, 2.75) is 12.8 Å². The van der Waals surface area contributed by atoms with E-state index in [1.54, 1.807) is 14.1 Å². The third-order valence-electron chi connectivity index (χ3n) is 2.55. The van der Waals surface area contributed by atoms with Crippen LogP contribution in [0, 0.1) is 15.9 Å². The molecule has 0 bridgehead atoms. The smallest absolute Gasteiger partial charge is 0.272 e. The molecule has 0 fully saturated rings. The molecule has 1 rings (SSSR count). The number of carbonyl (C=O) groups excluding carboxylic acids is 1. The fourth-order valence-electron chi connectivity index (χ4n) is 1.45. The molecule has 0 aliphatic heterocycles. The van der Waals surface area contributed by atoms with Crippen molar-refractivity contribution in [3.05, 3.63) is 34.1 Å². The first-order valence-electron chi connectivity index (χ1n) is 5.80. The van der Waals surface area contributed by atoms with E-state index >= 15 is 0 Å². The van der Waals surface area contributed by atoms with Gasteiger partial charge in [0.15, 0.2) is 5.82 Å². The summed E-state index contributed by atoms with van der Waals surface area (Å²) in [5.74, 6) is -0.667. The summed E-state index contributed by atoms with van der Waals surface area (Å²) < 4.78 is 13.5. The zero-order chi connectivity index (χ0) is 14.4. The monoisotopic (exact) mass is 269 g/mol. The normalized spacial score (nSPS) is 10.1. The van der Waals surface area contributed by atoms with E-state index in [4.69, 9.17) is 0 Å². The number of hydrogen-bond acceptors (Lipinski definition) is 4. The minimum absolute atomic E-state index is 0.00553. The van der Waals surface area contributed by atoms with Gasteiger partial charge in [-0.25, -0.2) is 4.39 Å². The molecule has 0 radical (unpaired) electrons. The number of nitrogens with one attached hydrogen (secondary N) is 1. The summed E-state index contributed by atoms with van der Waals surface area (Å²) in [4.78, 5) is 22.6. The molecule has 1 aromatic rings. The minimum Gasteiger partial charge on any atom is -0.383 e. The van der Waals surface area contributed by atoms with E-state index in [0.29, 0.717) is 19.4 Å². The van der Waals surface area contributed by atoms with Gasteiger partial charge in [0.1, 0.15) is 0 Å². The summed E-state index contributed by atoms with van der Waals surface area (Å²) >= 11 is 0. The van der Waals surface area contributed by atoms with Crippen LogP contribution in [0.5, 0.6) is 0 Å². The van der Waals surface area contributed by atoms with Gasteiger partial charge >= 0.3 is 0 Å². The number of hydrogen-bond donors (Lipinski definition) is 1. The van der Waals surface area contributed by atoms with Gasteiger partial charge in [-0.05, 0) is 12.5 Å². The Bertz CT molecular complexity index is 477. The molecule has 104 valence electrons. The summed E-state index contributed by atoms with van der Waals surface area (Å²) in [5.41, 5.74) is -0.0891. The SMILES string of the molecule is CN(C)C(=O)CCCNc1ccc([N+](=O)[O-])cc1F. The predicted octanol–water partition coefficient (Wildman–Crippen LogP) is 2.01. The van der Waals surface area contributed by atoms with Crippen molar-refractivity contribution in [1.82, 2.24) is 4.90 Å². The molecule has 6 nitrogen and oxygen atoms in total. The molecule has 0 heterocycles. The number of carbonyl (C=O) groups is 1. The predicted molar refractivity (Wildman–Crippen MR) is 69.5 cm³/mol. The van der Waals surface area contributed by atoms with E-state index in [0.717, 1.165) is 6.07 Å². The van der Waals surface area contributed by atoms with Crippen LogP contribution in [0.25, 0.3) is 0 Å². The zero-order valence-electron chi connectivity index (χ0n) is 10.9. The highest BCUT2D eigenvalue weighted by atomic mass is 19.1. The quantitative estimate of drug-likeness (QED) is 0.487. The molecule has 0 unspecified atom stereocenters. The van der Waals surface area contributed by atoms with Crippen LogP contribution >= 0.6 is 0 Å². The van der Waals surface area contributed by atoms with E-state index in [-0.39, 0.29) is 17.3 Å². The number of benzene rings is 1. The Balaban J connectivity index is 2.46. The molecule has 7 heteroatoms. The van der Waals surface area contributed by atoms with Gasteiger partial charge in [-0.2, -0.15) is 0 Å². The lowest BCUT2D eigenvalue weighted by Gasteiger charge is -2.10. The Labute approximate surface area is 110 Å². The number of anilines is 1. The molecular formula is C12H16FN3O3. The highest BCUT2D eigenvalue weighted by Gasteiger charge is 2.10. The first kappa shape index (κ1) is 14.9. The zero-order valence-corrected chi connectivity index (χ0v) is 10.9. The van der Waals surface area contributed by atoms with Crippen LogP contribution < -0.4 is 5.32 Å². The van der Waals surface area contributed by atoms with Crippen molar-refractivity contribution in [2.24, 2.45) is 0 Å². The first-order chi connectivity index (χ1) is 8.91. The second kappa shape index (κ2) is 6.67. The number of nitro benzene ring substituents is 1. The van der Waals surface area contributed by atoms with Crippen LogP contribution in [0.4, 0.5) is 15.8 Å². The summed E-state index contributed by atoms with van der Waals surface area (Å²) in [6.45, 7) is 0.425. The molecule has 19 heavy (non-hydrogen) atoms. The minimum atomic E-state index is -0.673. The van der Waals surface area contributed by atoms with Gasteiger partial charge < -0.3 is 10.2 Å². The molecular weight excluding hydrogens is 253 g/mol. The van der Waals surface area contributed by atoms with Crippen molar-refractivity contribution in [1.29, 1.82) is 0 Å². The molecule has 1 amide bonds. The van der Waals surface area contributed by atoms with E-state index in [1.165, 1.54) is 17.0 Å². The maximum atomic E-state index is 13.5. The van der Waals surface area contributed by atoms with Crippen LogP contribution in [0.2, 0.25) is 0 Å². The van der Waals surface area contributed by atoms with Crippen LogP contribution in [-0.4, -0.2) is 36.4 Å².